The van der Waals surface area contributed by atoms with E-state index in [2.05, 4.69) is 4.98 Å². The molecule has 0 atom stereocenters. The van der Waals surface area contributed by atoms with Crippen LogP contribution in [0.4, 0.5) is 5.00 Å². The van der Waals surface area contributed by atoms with Crippen molar-refractivity contribution >= 4 is 16.3 Å². The van der Waals surface area contributed by atoms with E-state index >= 15 is 0 Å². The molecule has 0 unspecified atom stereocenters. The van der Waals surface area contributed by atoms with Crippen LogP contribution in [0.25, 0.3) is 10.6 Å². The van der Waals surface area contributed by atoms with Crippen LogP contribution in [0.5, 0.6) is 0 Å². The van der Waals surface area contributed by atoms with E-state index in [9.17, 15) is 0 Å². The summed E-state index contributed by atoms with van der Waals surface area (Å²) in [5, 5.41) is 0.788. The van der Waals surface area contributed by atoms with Crippen LogP contribution in [-0.4, -0.2) is 4.98 Å². The molecule has 0 radical (unpaired) electrons. The van der Waals surface area contributed by atoms with Gasteiger partial charge in [-0.2, -0.15) is 0 Å². The van der Waals surface area contributed by atoms with Gasteiger partial charge >= 0.3 is 0 Å². The molecule has 0 saturated carbocycles. The lowest BCUT2D eigenvalue weighted by Gasteiger charge is -1.84. The van der Waals surface area contributed by atoms with Crippen LogP contribution in [0.1, 0.15) is 0 Å². The number of oxazole rings is 1. The van der Waals surface area contributed by atoms with E-state index in [0.29, 0.717) is 0 Å². The average Bonchev–Trinajstić information content (AvgIpc) is 2.55. The molecule has 56 valence electrons. The maximum Gasteiger partial charge on any atom is 0.181 e. The van der Waals surface area contributed by atoms with Crippen molar-refractivity contribution < 1.29 is 4.42 Å². The Morgan fingerprint density at radius 2 is 2.36 bits per heavy atom. The second-order valence-electron chi connectivity index (χ2n) is 2.07. The van der Waals surface area contributed by atoms with Gasteiger partial charge in [0.25, 0.3) is 0 Å². The molecule has 2 heterocycles. The number of nitrogens with two attached hydrogens (primary N) is 1. The molecule has 2 aromatic heterocycles. The number of nitrogen functional groups attached to an aromatic ring is 1. The van der Waals surface area contributed by atoms with Crippen LogP contribution in [-0.2, 0) is 0 Å². The molecule has 2 N–H and O–H groups in total. The van der Waals surface area contributed by atoms with Crippen molar-refractivity contribution in [1.29, 1.82) is 0 Å². The van der Waals surface area contributed by atoms with E-state index < -0.39 is 0 Å². The highest BCUT2D eigenvalue weighted by Crippen LogP contribution is 2.28. The first-order valence-electron chi connectivity index (χ1n) is 3.10. The molecule has 3 nitrogen and oxygen atoms in total. The minimum atomic E-state index is 0.770. The summed E-state index contributed by atoms with van der Waals surface area (Å²) >= 11 is 1.49. The molecule has 0 amide bonds. The zero-order valence-corrected chi connectivity index (χ0v) is 6.47. The molecule has 0 bridgehead atoms. The Labute approximate surface area is 67.5 Å². The Morgan fingerprint density at radius 3 is 2.91 bits per heavy atom. The van der Waals surface area contributed by atoms with Gasteiger partial charge in [0.15, 0.2) is 12.2 Å². The molecule has 0 fully saturated rings. The fourth-order valence-electron chi connectivity index (χ4n) is 0.823. The van der Waals surface area contributed by atoms with Crippen LogP contribution in [0.2, 0.25) is 0 Å². The summed E-state index contributed by atoms with van der Waals surface area (Å²) in [6, 6.07) is 3.77. The summed E-state index contributed by atoms with van der Waals surface area (Å²) in [5.41, 5.74) is 5.54. The number of nitrogens with zero attached hydrogens (tertiary/aromatic N) is 1. The zero-order chi connectivity index (χ0) is 7.68. The standard InChI is InChI=1S/C7H6N2OS/c8-7-2-1-6(11-7)5-3-9-4-10-5/h1-4H,8H2. The third-order valence-electron chi connectivity index (χ3n) is 1.30. The molecule has 0 spiro atoms. The van der Waals surface area contributed by atoms with Gasteiger partial charge in [0.05, 0.1) is 16.1 Å². The second-order valence-corrected chi connectivity index (χ2v) is 3.18. The molecule has 2 rings (SSSR count). The highest BCUT2D eigenvalue weighted by atomic mass is 32.1. The first-order chi connectivity index (χ1) is 5.36. The summed E-state index contributed by atoms with van der Waals surface area (Å²) in [7, 11) is 0. The normalized spacial score (nSPS) is 10.2. The maximum absolute atomic E-state index is 5.54. The Morgan fingerprint density at radius 1 is 1.45 bits per heavy atom. The predicted octanol–water partition coefficient (Wildman–Crippen LogP) is 1.99. The maximum atomic E-state index is 5.54. The van der Waals surface area contributed by atoms with Crippen LogP contribution in [0, 0.1) is 0 Å². The fraction of sp³-hybridized carbons (Fsp3) is 0. The Kier molecular flexibility index (Phi) is 1.40. The van der Waals surface area contributed by atoms with E-state index in [0.717, 1.165) is 15.6 Å². The van der Waals surface area contributed by atoms with Gasteiger partial charge in [-0.1, -0.05) is 0 Å². The Bertz CT molecular complexity index is 339. The van der Waals surface area contributed by atoms with Crippen molar-refractivity contribution in [3.05, 3.63) is 24.7 Å². The zero-order valence-electron chi connectivity index (χ0n) is 5.65. The summed E-state index contributed by atoms with van der Waals surface area (Å²) < 4.78 is 5.08. The van der Waals surface area contributed by atoms with Gasteiger partial charge in [0.1, 0.15) is 0 Å². The topological polar surface area (TPSA) is 52.0 Å². The first kappa shape index (κ1) is 6.42. The number of aromatic nitrogens is 1. The van der Waals surface area contributed by atoms with Gasteiger partial charge in [-0.3, -0.25) is 0 Å². The number of hydrogen-bond donors (Lipinski definition) is 1. The number of thiophene rings is 1. The van der Waals surface area contributed by atoms with Gasteiger partial charge < -0.3 is 10.2 Å². The molecule has 11 heavy (non-hydrogen) atoms. The monoisotopic (exact) mass is 166 g/mol. The van der Waals surface area contributed by atoms with Crippen molar-refractivity contribution in [2.24, 2.45) is 0 Å². The van der Waals surface area contributed by atoms with Gasteiger partial charge in [-0.05, 0) is 12.1 Å². The van der Waals surface area contributed by atoms with Gasteiger partial charge in [0.2, 0.25) is 0 Å². The minimum Gasteiger partial charge on any atom is -0.443 e. The largest absolute Gasteiger partial charge is 0.443 e. The summed E-state index contributed by atoms with van der Waals surface area (Å²) in [4.78, 5) is 4.82. The molecule has 4 heteroatoms. The number of hydrogen-bond acceptors (Lipinski definition) is 4. The molecule has 0 aliphatic carbocycles. The van der Waals surface area contributed by atoms with Crippen molar-refractivity contribution in [3.8, 4) is 10.6 Å². The molecule has 0 aliphatic rings. The van der Waals surface area contributed by atoms with Crippen LogP contribution in [0.3, 0.4) is 0 Å². The van der Waals surface area contributed by atoms with Crippen molar-refractivity contribution in [1.82, 2.24) is 4.98 Å². The third kappa shape index (κ3) is 1.12. The predicted molar refractivity (Wildman–Crippen MR) is 44.2 cm³/mol. The summed E-state index contributed by atoms with van der Waals surface area (Å²) in [5.74, 6) is 0.770. The summed E-state index contributed by atoms with van der Waals surface area (Å²) in [6.07, 6.45) is 3.08. The lowest BCUT2D eigenvalue weighted by molar-refractivity contribution is 0.573. The van der Waals surface area contributed by atoms with Crippen LogP contribution < -0.4 is 5.73 Å². The average molecular weight is 166 g/mol. The number of anilines is 1. The third-order valence-corrected chi connectivity index (χ3v) is 2.23. The molecule has 0 aliphatic heterocycles. The van der Waals surface area contributed by atoms with Gasteiger partial charge in [-0.15, -0.1) is 11.3 Å². The quantitative estimate of drug-likeness (QED) is 0.704. The van der Waals surface area contributed by atoms with Crippen molar-refractivity contribution in [3.63, 3.8) is 0 Å². The van der Waals surface area contributed by atoms with E-state index in [1.165, 1.54) is 17.7 Å². The van der Waals surface area contributed by atoms with Crippen LogP contribution >= 0.6 is 11.3 Å². The SMILES string of the molecule is Nc1ccc(-c2cnco2)s1. The smallest absolute Gasteiger partial charge is 0.181 e. The molecule has 0 saturated heterocycles. The van der Waals surface area contributed by atoms with E-state index in [1.54, 1.807) is 6.20 Å². The second kappa shape index (κ2) is 2.39. The van der Waals surface area contributed by atoms with E-state index in [-0.39, 0.29) is 0 Å². The van der Waals surface area contributed by atoms with Gasteiger partial charge in [-0.25, -0.2) is 4.98 Å². The van der Waals surface area contributed by atoms with Crippen molar-refractivity contribution in [2.75, 3.05) is 5.73 Å². The summed E-state index contributed by atoms with van der Waals surface area (Å²) in [6.45, 7) is 0. The van der Waals surface area contributed by atoms with E-state index in [1.807, 2.05) is 12.1 Å². The first-order valence-corrected chi connectivity index (χ1v) is 3.92. The molecule has 2 aromatic rings. The molecular weight excluding hydrogens is 160 g/mol. The fourth-order valence-corrected chi connectivity index (χ4v) is 1.55. The minimum absolute atomic E-state index is 0.770. The molecular formula is C7H6N2OS. The van der Waals surface area contributed by atoms with Crippen LogP contribution in [0.15, 0.2) is 29.1 Å². The van der Waals surface area contributed by atoms with Gasteiger partial charge in [0, 0.05) is 0 Å². The lowest BCUT2D eigenvalue weighted by Crippen LogP contribution is -1.72. The van der Waals surface area contributed by atoms with E-state index in [4.69, 9.17) is 10.2 Å². The lowest BCUT2D eigenvalue weighted by atomic mass is 10.4. The highest BCUT2D eigenvalue weighted by molar-refractivity contribution is 7.19. The Hall–Kier alpha value is -1.29. The number of rotatable bonds is 1. The highest BCUT2D eigenvalue weighted by Gasteiger charge is 2.02. The van der Waals surface area contributed by atoms with Crippen molar-refractivity contribution in [2.45, 2.75) is 0 Å². The molecule has 0 aromatic carbocycles. The Balaban J connectivity index is 2.45.